The summed E-state index contributed by atoms with van der Waals surface area (Å²) < 4.78 is 6.42. The van der Waals surface area contributed by atoms with E-state index >= 15 is 0 Å². The third kappa shape index (κ3) is 1.76. The van der Waals surface area contributed by atoms with Crippen LogP contribution in [0.4, 0.5) is 5.69 Å². The molecule has 0 aliphatic heterocycles. The molecule has 0 aliphatic carbocycles. The molecular weight excluding hydrogens is 216 g/mol. The number of aromatic nitrogens is 1. The number of nitrogens with two attached hydrogens (primary N) is 1. The van der Waals surface area contributed by atoms with Crippen LogP contribution in [0.5, 0.6) is 0 Å². The van der Waals surface area contributed by atoms with Gasteiger partial charge in [0.1, 0.15) is 0 Å². The Morgan fingerprint density at radius 1 is 1.60 bits per heavy atom. The van der Waals surface area contributed by atoms with Crippen molar-refractivity contribution in [1.82, 2.24) is 4.57 Å². The Labute approximate surface area is 90.5 Å². The highest BCUT2D eigenvalue weighted by molar-refractivity contribution is 6.29. The van der Waals surface area contributed by atoms with Crippen molar-refractivity contribution in [1.29, 1.82) is 0 Å². The van der Waals surface area contributed by atoms with Gasteiger partial charge in [0.2, 0.25) is 0 Å². The molecule has 5 heteroatoms. The quantitative estimate of drug-likeness (QED) is 0.793. The van der Waals surface area contributed by atoms with Gasteiger partial charge >= 0.3 is 5.76 Å². The first-order valence-corrected chi connectivity index (χ1v) is 4.68. The summed E-state index contributed by atoms with van der Waals surface area (Å²) in [6.07, 6.45) is 0. The third-order valence-corrected chi connectivity index (χ3v) is 2.14. The number of anilines is 1. The molecule has 15 heavy (non-hydrogen) atoms. The first-order chi connectivity index (χ1) is 7.08. The van der Waals surface area contributed by atoms with E-state index in [4.69, 9.17) is 21.8 Å². The average Bonchev–Trinajstić information content (AvgIpc) is 2.41. The van der Waals surface area contributed by atoms with Crippen LogP contribution in [0.15, 0.2) is 39.0 Å². The molecule has 2 aromatic rings. The van der Waals surface area contributed by atoms with Gasteiger partial charge in [-0.15, -0.1) is 0 Å². The zero-order valence-electron chi connectivity index (χ0n) is 7.87. The van der Waals surface area contributed by atoms with Crippen molar-refractivity contribution in [3.63, 3.8) is 0 Å². The number of hydrogen-bond donors (Lipinski definition) is 1. The van der Waals surface area contributed by atoms with Crippen molar-refractivity contribution in [2.45, 2.75) is 6.54 Å². The lowest BCUT2D eigenvalue weighted by Crippen LogP contribution is -2.13. The van der Waals surface area contributed by atoms with Crippen LogP contribution in [-0.2, 0) is 6.54 Å². The van der Waals surface area contributed by atoms with E-state index in [0.717, 1.165) is 0 Å². The highest BCUT2D eigenvalue weighted by Gasteiger charge is 2.09. The smallest absolute Gasteiger partial charge is 0.408 e. The van der Waals surface area contributed by atoms with Crippen LogP contribution < -0.4 is 11.5 Å². The predicted octanol–water partition coefficient (Wildman–Crippen LogP) is 1.93. The van der Waals surface area contributed by atoms with Crippen LogP contribution in [0.1, 0.15) is 0 Å². The second kappa shape index (κ2) is 3.47. The fraction of sp³-hybridized carbons (Fsp3) is 0.100. The molecule has 1 heterocycles. The highest BCUT2D eigenvalue weighted by atomic mass is 35.5. The number of nitrogen functional groups attached to an aromatic ring is 1. The maximum absolute atomic E-state index is 11.4. The maximum Gasteiger partial charge on any atom is 0.420 e. The van der Waals surface area contributed by atoms with E-state index in [2.05, 4.69) is 6.58 Å². The molecule has 0 aliphatic rings. The number of benzene rings is 1. The van der Waals surface area contributed by atoms with Crippen LogP contribution in [0.3, 0.4) is 0 Å². The molecule has 0 radical (unpaired) electrons. The highest BCUT2D eigenvalue weighted by Crippen LogP contribution is 2.17. The Balaban J connectivity index is 2.68. The minimum absolute atomic E-state index is 0.233. The summed E-state index contributed by atoms with van der Waals surface area (Å²) in [5, 5.41) is 0.372. The topological polar surface area (TPSA) is 61.2 Å². The fourth-order valence-corrected chi connectivity index (χ4v) is 1.52. The second-order valence-corrected chi connectivity index (χ2v) is 3.73. The van der Waals surface area contributed by atoms with Gasteiger partial charge in [-0.25, -0.2) is 4.79 Å². The van der Waals surface area contributed by atoms with Crippen LogP contribution in [0, 0.1) is 0 Å². The molecule has 0 saturated heterocycles. The lowest BCUT2D eigenvalue weighted by atomic mass is 10.3. The first-order valence-electron chi connectivity index (χ1n) is 4.30. The number of fused-ring (bicyclic) bond motifs is 1. The summed E-state index contributed by atoms with van der Waals surface area (Å²) >= 11 is 5.65. The van der Waals surface area contributed by atoms with Gasteiger partial charge in [-0.2, -0.15) is 0 Å². The summed E-state index contributed by atoms with van der Waals surface area (Å²) in [4.78, 5) is 11.4. The van der Waals surface area contributed by atoms with Gasteiger partial charge in [0.25, 0.3) is 0 Å². The molecule has 2 N–H and O–H groups in total. The molecule has 0 amide bonds. The van der Waals surface area contributed by atoms with Gasteiger partial charge in [0, 0.05) is 16.8 Å². The van der Waals surface area contributed by atoms with Gasteiger partial charge in [-0.05, 0) is 12.1 Å². The van der Waals surface area contributed by atoms with Crippen molar-refractivity contribution >= 4 is 28.4 Å². The van der Waals surface area contributed by atoms with E-state index in [-0.39, 0.29) is 6.54 Å². The molecular formula is C10H9ClN2O2. The van der Waals surface area contributed by atoms with E-state index in [9.17, 15) is 4.79 Å². The summed E-state index contributed by atoms with van der Waals surface area (Å²) in [6, 6.07) is 5.02. The third-order valence-electron chi connectivity index (χ3n) is 2.02. The average molecular weight is 225 g/mol. The van der Waals surface area contributed by atoms with Crippen LogP contribution in [0.25, 0.3) is 11.1 Å². The monoisotopic (exact) mass is 224 g/mol. The van der Waals surface area contributed by atoms with Gasteiger partial charge in [0.05, 0.1) is 12.1 Å². The zero-order chi connectivity index (χ0) is 11.0. The van der Waals surface area contributed by atoms with Crippen molar-refractivity contribution < 1.29 is 4.42 Å². The molecule has 0 fully saturated rings. The normalized spacial score (nSPS) is 10.7. The number of nitrogens with zero attached hydrogens (tertiary/aromatic N) is 1. The van der Waals surface area contributed by atoms with Crippen LogP contribution in [-0.4, -0.2) is 4.57 Å². The number of rotatable bonds is 2. The van der Waals surface area contributed by atoms with Gasteiger partial charge in [-0.3, -0.25) is 4.57 Å². The minimum atomic E-state index is -0.461. The van der Waals surface area contributed by atoms with Crippen molar-refractivity contribution in [3.8, 4) is 0 Å². The summed E-state index contributed by atoms with van der Waals surface area (Å²) in [7, 11) is 0. The largest absolute Gasteiger partial charge is 0.420 e. The van der Waals surface area contributed by atoms with Crippen molar-refractivity contribution in [3.05, 3.63) is 40.4 Å². The Bertz CT molecular complexity index is 583. The molecule has 0 bridgehead atoms. The zero-order valence-corrected chi connectivity index (χ0v) is 8.62. The predicted molar refractivity (Wildman–Crippen MR) is 59.9 cm³/mol. The molecule has 0 atom stereocenters. The van der Waals surface area contributed by atoms with Gasteiger partial charge < -0.3 is 10.2 Å². The summed E-state index contributed by atoms with van der Waals surface area (Å²) in [5.41, 5.74) is 7.24. The Kier molecular flexibility index (Phi) is 2.28. The lowest BCUT2D eigenvalue weighted by Gasteiger charge is -1.99. The Morgan fingerprint density at radius 2 is 2.33 bits per heavy atom. The van der Waals surface area contributed by atoms with Gasteiger partial charge in [-0.1, -0.05) is 18.2 Å². The number of hydrogen-bond acceptors (Lipinski definition) is 3. The molecule has 78 valence electrons. The standard InChI is InChI=1S/C10H9ClN2O2/c1-6(11)5-13-8-3-2-7(12)4-9(8)15-10(13)14/h2-4H,1,5,12H2. The molecule has 1 aromatic heterocycles. The SMILES string of the molecule is C=C(Cl)Cn1c(=O)oc2cc(N)ccc21. The van der Waals surface area contributed by atoms with Crippen LogP contribution in [0.2, 0.25) is 0 Å². The van der Waals surface area contributed by atoms with E-state index < -0.39 is 5.76 Å². The molecule has 0 spiro atoms. The molecule has 0 saturated carbocycles. The summed E-state index contributed by atoms with van der Waals surface area (Å²) in [5.74, 6) is -0.461. The number of allylic oxidation sites excluding steroid dienone is 1. The van der Waals surface area contributed by atoms with E-state index in [1.165, 1.54) is 4.57 Å². The van der Waals surface area contributed by atoms with Gasteiger partial charge in [0.15, 0.2) is 5.58 Å². The molecule has 4 nitrogen and oxygen atoms in total. The van der Waals surface area contributed by atoms with Crippen molar-refractivity contribution in [2.75, 3.05) is 5.73 Å². The van der Waals surface area contributed by atoms with E-state index in [0.29, 0.717) is 21.8 Å². The van der Waals surface area contributed by atoms with Crippen molar-refractivity contribution in [2.24, 2.45) is 0 Å². The Morgan fingerprint density at radius 3 is 3.00 bits per heavy atom. The fourth-order valence-electron chi connectivity index (χ4n) is 1.40. The second-order valence-electron chi connectivity index (χ2n) is 3.20. The lowest BCUT2D eigenvalue weighted by molar-refractivity contribution is 0.519. The molecule has 2 rings (SSSR count). The molecule has 1 aromatic carbocycles. The maximum atomic E-state index is 11.4. The number of halogens is 1. The minimum Gasteiger partial charge on any atom is -0.408 e. The Hall–Kier alpha value is -1.68. The van der Waals surface area contributed by atoms with Crippen LogP contribution >= 0.6 is 11.6 Å². The van der Waals surface area contributed by atoms with E-state index in [1.807, 2.05) is 0 Å². The first kappa shape index (κ1) is 9.86. The number of oxazole rings is 1. The molecule has 0 unspecified atom stereocenters. The van der Waals surface area contributed by atoms with E-state index in [1.54, 1.807) is 18.2 Å². The summed E-state index contributed by atoms with van der Waals surface area (Å²) in [6.45, 7) is 3.77.